The first-order valence-electron chi connectivity index (χ1n) is 2.11. The van der Waals surface area contributed by atoms with E-state index in [2.05, 4.69) is 4.43 Å². The summed E-state index contributed by atoms with van der Waals surface area (Å²) in [6, 6.07) is 0. The van der Waals surface area contributed by atoms with Gasteiger partial charge in [0.15, 0.2) is 0 Å². The second kappa shape index (κ2) is 7.62. The van der Waals surface area contributed by atoms with E-state index in [0.717, 1.165) is 6.42 Å². The van der Waals surface area contributed by atoms with Gasteiger partial charge in [0.1, 0.15) is 0 Å². The zero-order valence-electron chi connectivity index (χ0n) is 5.14. The van der Waals surface area contributed by atoms with Crippen molar-refractivity contribution in [1.29, 1.82) is 0 Å². The fourth-order valence-corrected chi connectivity index (χ4v) is 0.556. The van der Waals surface area contributed by atoms with Crippen LogP contribution in [0.5, 0.6) is 0 Å². The molecule has 0 spiro atoms. The molecule has 5 heteroatoms. The smallest absolute Gasteiger partial charge is 0.588 e. The molecule has 0 fully saturated rings. The Balaban J connectivity index is 0. The SMILES string of the molecule is CCCO[Si](=O)[O-].[Na+]. The molecule has 0 aliphatic heterocycles. The molecule has 0 aromatic rings. The molecular formula is C3H7NaO3Si. The van der Waals surface area contributed by atoms with Gasteiger partial charge >= 0.3 is 38.7 Å². The van der Waals surface area contributed by atoms with Gasteiger partial charge in [-0.15, -0.1) is 0 Å². The monoisotopic (exact) mass is 142 g/mol. The van der Waals surface area contributed by atoms with Crippen LogP contribution in [0.15, 0.2) is 0 Å². The predicted octanol–water partition coefficient (Wildman–Crippen LogP) is -3.81. The summed E-state index contributed by atoms with van der Waals surface area (Å²) in [5.74, 6) is 0. The van der Waals surface area contributed by atoms with Crippen molar-refractivity contribution in [1.82, 2.24) is 0 Å². The van der Waals surface area contributed by atoms with Crippen LogP contribution >= 0.6 is 0 Å². The Labute approximate surface area is 72.2 Å². The molecule has 0 N–H and O–H groups in total. The van der Waals surface area contributed by atoms with E-state index >= 15 is 0 Å². The molecule has 0 saturated heterocycles. The maximum absolute atomic E-state index is 9.61. The van der Waals surface area contributed by atoms with Crippen molar-refractivity contribution in [3.63, 3.8) is 0 Å². The van der Waals surface area contributed by atoms with Gasteiger partial charge in [0.2, 0.25) is 0 Å². The largest absolute Gasteiger partial charge is 1.00 e. The van der Waals surface area contributed by atoms with Crippen LogP contribution in [0.2, 0.25) is 0 Å². The first kappa shape index (κ1) is 11.4. The van der Waals surface area contributed by atoms with Crippen LogP contribution in [0.3, 0.4) is 0 Å². The third-order valence-corrected chi connectivity index (χ3v) is 0.864. The molecule has 0 rings (SSSR count). The van der Waals surface area contributed by atoms with Crippen LogP contribution in [-0.2, 0) is 8.89 Å². The van der Waals surface area contributed by atoms with Gasteiger partial charge in [-0.1, -0.05) is 6.92 Å². The maximum atomic E-state index is 9.61. The molecule has 0 aliphatic carbocycles. The minimum absolute atomic E-state index is 0. The Morgan fingerprint density at radius 1 is 1.75 bits per heavy atom. The van der Waals surface area contributed by atoms with E-state index in [-0.39, 0.29) is 29.6 Å². The molecule has 0 amide bonds. The van der Waals surface area contributed by atoms with Gasteiger partial charge in [-0.2, -0.15) is 0 Å². The third-order valence-electron chi connectivity index (χ3n) is 0.424. The average Bonchev–Trinajstić information content (AvgIpc) is 1.61. The van der Waals surface area contributed by atoms with Gasteiger partial charge in [-0.25, -0.2) is 0 Å². The van der Waals surface area contributed by atoms with Gasteiger partial charge in [-0.05, 0) is 6.42 Å². The summed E-state index contributed by atoms with van der Waals surface area (Å²) >= 11 is 0. The summed E-state index contributed by atoms with van der Waals surface area (Å²) in [6.45, 7) is 2.17. The minimum Gasteiger partial charge on any atom is -0.588 e. The fourth-order valence-electron chi connectivity index (χ4n) is 0.185. The van der Waals surface area contributed by atoms with Crippen LogP contribution in [0.25, 0.3) is 0 Å². The predicted molar refractivity (Wildman–Crippen MR) is 22.7 cm³/mol. The van der Waals surface area contributed by atoms with Crippen molar-refractivity contribution in [2.75, 3.05) is 6.61 Å². The summed E-state index contributed by atoms with van der Waals surface area (Å²) in [5.41, 5.74) is 0. The average molecular weight is 142 g/mol. The maximum Gasteiger partial charge on any atom is 1.00 e. The Hall–Kier alpha value is 0.617. The normalized spacial score (nSPS) is 7.12. The first-order valence-corrected chi connectivity index (χ1v) is 3.33. The van der Waals surface area contributed by atoms with Gasteiger partial charge in [-0.3, -0.25) is 0 Å². The van der Waals surface area contributed by atoms with Crippen molar-refractivity contribution in [2.45, 2.75) is 13.3 Å². The zero-order chi connectivity index (χ0) is 5.70. The Kier molecular flexibility index (Phi) is 10.9. The summed E-state index contributed by atoms with van der Waals surface area (Å²) < 4.78 is 13.8. The molecule has 0 aromatic carbocycles. The van der Waals surface area contributed by atoms with Crippen LogP contribution in [0, 0.1) is 0 Å². The van der Waals surface area contributed by atoms with Crippen LogP contribution in [0.4, 0.5) is 0 Å². The number of hydrogen-bond donors (Lipinski definition) is 0. The van der Waals surface area contributed by atoms with E-state index in [4.69, 9.17) is 0 Å². The molecule has 0 atom stereocenters. The molecule has 0 aliphatic rings. The van der Waals surface area contributed by atoms with Gasteiger partial charge in [0.25, 0.3) is 0 Å². The third kappa shape index (κ3) is 9.79. The molecule has 0 unspecified atom stereocenters. The standard InChI is InChI=1S/C3H7O3Si.Na/c1-2-3-6-7(4)5;/h2-3H2,1H3;/q-1;+1. The van der Waals surface area contributed by atoms with E-state index in [1.54, 1.807) is 0 Å². The van der Waals surface area contributed by atoms with Crippen molar-refractivity contribution < 1.29 is 43.2 Å². The molecular weight excluding hydrogens is 135 g/mol. The van der Waals surface area contributed by atoms with E-state index < -0.39 is 9.17 Å². The van der Waals surface area contributed by atoms with Crippen LogP contribution in [-0.4, -0.2) is 15.8 Å². The fraction of sp³-hybridized carbons (Fsp3) is 1.00. The Morgan fingerprint density at radius 3 is 2.38 bits per heavy atom. The Bertz CT molecular complexity index is 67.5. The number of hydrogen-bond acceptors (Lipinski definition) is 3. The minimum atomic E-state index is -2.90. The van der Waals surface area contributed by atoms with E-state index in [0.29, 0.717) is 6.61 Å². The molecule has 0 heterocycles. The molecule has 42 valence electrons. The molecule has 3 nitrogen and oxygen atoms in total. The summed E-state index contributed by atoms with van der Waals surface area (Å²) in [5, 5.41) is 0. The molecule has 0 radical (unpaired) electrons. The van der Waals surface area contributed by atoms with Crippen molar-refractivity contribution in [3.05, 3.63) is 0 Å². The van der Waals surface area contributed by atoms with Crippen LogP contribution in [0.1, 0.15) is 13.3 Å². The summed E-state index contributed by atoms with van der Waals surface area (Å²) in [7, 11) is -2.90. The molecule has 0 saturated carbocycles. The van der Waals surface area contributed by atoms with E-state index in [1.807, 2.05) is 6.92 Å². The van der Waals surface area contributed by atoms with E-state index in [9.17, 15) is 9.26 Å². The van der Waals surface area contributed by atoms with Crippen molar-refractivity contribution >= 4 is 9.17 Å². The van der Waals surface area contributed by atoms with Gasteiger partial charge in [0, 0.05) is 6.61 Å². The number of rotatable bonds is 3. The second-order valence-corrected chi connectivity index (χ2v) is 1.89. The van der Waals surface area contributed by atoms with Crippen molar-refractivity contribution in [3.8, 4) is 0 Å². The molecule has 0 bridgehead atoms. The first-order chi connectivity index (χ1) is 3.27. The van der Waals surface area contributed by atoms with E-state index in [1.165, 1.54) is 0 Å². The quantitative estimate of drug-likeness (QED) is 0.380. The summed E-state index contributed by atoms with van der Waals surface area (Å²) in [4.78, 5) is 9.61. The Morgan fingerprint density at radius 2 is 2.25 bits per heavy atom. The zero-order valence-corrected chi connectivity index (χ0v) is 8.14. The summed E-state index contributed by atoms with van der Waals surface area (Å²) in [6.07, 6.45) is 0.749. The topological polar surface area (TPSA) is 49.4 Å². The van der Waals surface area contributed by atoms with Gasteiger partial charge in [0.05, 0.1) is 0 Å². The molecule has 8 heavy (non-hydrogen) atoms. The molecule has 0 aromatic heterocycles. The van der Waals surface area contributed by atoms with Crippen molar-refractivity contribution in [2.24, 2.45) is 0 Å². The second-order valence-electron chi connectivity index (χ2n) is 1.10. The van der Waals surface area contributed by atoms with Gasteiger partial charge < -0.3 is 13.7 Å². The van der Waals surface area contributed by atoms with Crippen LogP contribution < -0.4 is 34.4 Å².